The van der Waals surface area contributed by atoms with E-state index in [0.717, 1.165) is 25.7 Å². The maximum absolute atomic E-state index is 12.2. The van der Waals surface area contributed by atoms with Crippen LogP contribution in [0, 0.1) is 0 Å². The molecular weight excluding hydrogens is 226 g/mol. The van der Waals surface area contributed by atoms with Gasteiger partial charge in [-0.05, 0) is 25.7 Å². The fourth-order valence-corrected chi connectivity index (χ4v) is 2.43. The van der Waals surface area contributed by atoms with Crippen LogP contribution in [0.4, 0.5) is 0 Å². The zero-order valence-corrected chi connectivity index (χ0v) is 11.0. The maximum atomic E-state index is 12.2. The molecular formula is C12H22ClNO2. The van der Waals surface area contributed by atoms with Crippen molar-refractivity contribution in [1.29, 1.82) is 0 Å². The third kappa shape index (κ3) is 3.36. The third-order valence-electron chi connectivity index (χ3n) is 3.20. The number of nitrogens with zero attached hydrogens (tertiary/aromatic N) is 1. The summed E-state index contributed by atoms with van der Waals surface area (Å²) in [5.41, 5.74) is 0. The molecule has 0 N–H and O–H groups in total. The van der Waals surface area contributed by atoms with Crippen molar-refractivity contribution in [3.63, 3.8) is 0 Å². The number of carbonyl (C=O) groups is 1. The largest absolute Gasteiger partial charge is 0.368 e. The first-order chi connectivity index (χ1) is 7.74. The lowest BCUT2D eigenvalue weighted by Crippen LogP contribution is -2.46. The molecule has 4 heteroatoms. The van der Waals surface area contributed by atoms with E-state index in [4.69, 9.17) is 16.3 Å². The molecule has 0 saturated carbocycles. The lowest BCUT2D eigenvalue weighted by atomic mass is 10.1. The van der Waals surface area contributed by atoms with E-state index in [0.29, 0.717) is 25.1 Å². The zero-order valence-electron chi connectivity index (χ0n) is 10.2. The summed E-state index contributed by atoms with van der Waals surface area (Å²) in [5.74, 6) is 0.626. The average Bonchev–Trinajstić information content (AvgIpc) is 2.82. The van der Waals surface area contributed by atoms with Crippen LogP contribution < -0.4 is 0 Å². The number of carbonyl (C=O) groups excluding carboxylic acids is 1. The van der Waals surface area contributed by atoms with Crippen molar-refractivity contribution in [3.8, 4) is 0 Å². The molecule has 1 amide bonds. The van der Waals surface area contributed by atoms with Gasteiger partial charge in [-0.15, -0.1) is 11.6 Å². The lowest BCUT2D eigenvalue weighted by molar-refractivity contribution is -0.143. The maximum Gasteiger partial charge on any atom is 0.251 e. The molecule has 0 aliphatic carbocycles. The SMILES string of the molecule is CCC(CC)N(CCCl)C(=O)C1CCCO1. The van der Waals surface area contributed by atoms with E-state index >= 15 is 0 Å². The number of hydrogen-bond donors (Lipinski definition) is 0. The van der Waals surface area contributed by atoms with Crippen LogP contribution >= 0.6 is 11.6 Å². The van der Waals surface area contributed by atoms with Crippen molar-refractivity contribution < 1.29 is 9.53 Å². The molecule has 1 fully saturated rings. The molecule has 0 aromatic carbocycles. The summed E-state index contributed by atoms with van der Waals surface area (Å²) in [7, 11) is 0. The number of hydrogen-bond acceptors (Lipinski definition) is 2. The van der Waals surface area contributed by atoms with Crippen molar-refractivity contribution in [1.82, 2.24) is 4.90 Å². The Balaban J connectivity index is 2.63. The Morgan fingerprint density at radius 2 is 2.19 bits per heavy atom. The fourth-order valence-electron chi connectivity index (χ4n) is 2.25. The Kier molecular flexibility index (Phi) is 6.14. The van der Waals surface area contributed by atoms with Gasteiger partial charge in [0.1, 0.15) is 6.10 Å². The summed E-state index contributed by atoms with van der Waals surface area (Å²) in [6.07, 6.45) is 3.59. The first-order valence-electron chi connectivity index (χ1n) is 6.22. The van der Waals surface area contributed by atoms with E-state index in [1.54, 1.807) is 0 Å². The van der Waals surface area contributed by atoms with Gasteiger partial charge < -0.3 is 9.64 Å². The van der Waals surface area contributed by atoms with Crippen LogP contribution in [-0.4, -0.2) is 42.0 Å². The zero-order chi connectivity index (χ0) is 12.0. The highest BCUT2D eigenvalue weighted by atomic mass is 35.5. The minimum Gasteiger partial charge on any atom is -0.368 e. The van der Waals surface area contributed by atoms with Crippen LogP contribution in [0.15, 0.2) is 0 Å². The first kappa shape index (κ1) is 13.8. The second-order valence-corrected chi connectivity index (χ2v) is 4.57. The molecule has 1 unspecified atom stereocenters. The van der Waals surface area contributed by atoms with Crippen molar-refractivity contribution in [2.75, 3.05) is 19.0 Å². The third-order valence-corrected chi connectivity index (χ3v) is 3.37. The summed E-state index contributed by atoms with van der Waals surface area (Å²) in [6.45, 7) is 5.57. The molecule has 0 radical (unpaired) electrons. The highest BCUT2D eigenvalue weighted by Crippen LogP contribution is 2.18. The van der Waals surface area contributed by atoms with Crippen molar-refractivity contribution in [2.45, 2.75) is 51.7 Å². The molecule has 1 aliphatic heterocycles. The predicted molar refractivity (Wildman–Crippen MR) is 65.8 cm³/mol. The van der Waals surface area contributed by atoms with Gasteiger partial charge in [-0.2, -0.15) is 0 Å². The van der Waals surface area contributed by atoms with Gasteiger partial charge in [0.15, 0.2) is 0 Å². The number of ether oxygens (including phenoxy) is 1. The summed E-state index contributed by atoms with van der Waals surface area (Å²) >= 11 is 5.77. The number of alkyl halides is 1. The molecule has 0 aromatic rings. The standard InChI is InChI=1S/C12H22ClNO2/c1-3-10(4-2)14(8-7-13)12(15)11-6-5-9-16-11/h10-11H,3-9H2,1-2H3. The summed E-state index contributed by atoms with van der Waals surface area (Å²) < 4.78 is 5.45. The van der Waals surface area contributed by atoms with Gasteiger partial charge in [0, 0.05) is 25.1 Å². The van der Waals surface area contributed by atoms with Crippen LogP contribution in [-0.2, 0) is 9.53 Å². The normalized spacial score (nSPS) is 20.4. The van der Waals surface area contributed by atoms with Crippen LogP contribution in [0.2, 0.25) is 0 Å². The van der Waals surface area contributed by atoms with Gasteiger partial charge in [-0.3, -0.25) is 4.79 Å². The smallest absolute Gasteiger partial charge is 0.251 e. The molecule has 0 bridgehead atoms. The lowest BCUT2D eigenvalue weighted by Gasteiger charge is -2.31. The van der Waals surface area contributed by atoms with Gasteiger partial charge in [0.25, 0.3) is 5.91 Å². The number of halogens is 1. The molecule has 94 valence electrons. The highest BCUT2D eigenvalue weighted by molar-refractivity contribution is 6.18. The van der Waals surface area contributed by atoms with Crippen LogP contribution in [0.3, 0.4) is 0 Å². The summed E-state index contributed by atoms with van der Waals surface area (Å²) in [4.78, 5) is 14.1. The van der Waals surface area contributed by atoms with Gasteiger partial charge in [0.05, 0.1) is 0 Å². The molecule has 1 heterocycles. The Hall–Kier alpha value is -0.280. The first-order valence-corrected chi connectivity index (χ1v) is 6.76. The molecule has 1 aliphatic rings. The second-order valence-electron chi connectivity index (χ2n) is 4.19. The monoisotopic (exact) mass is 247 g/mol. The molecule has 16 heavy (non-hydrogen) atoms. The quantitative estimate of drug-likeness (QED) is 0.675. The second kappa shape index (κ2) is 7.13. The van der Waals surface area contributed by atoms with E-state index in [-0.39, 0.29) is 12.0 Å². The Morgan fingerprint density at radius 3 is 2.62 bits per heavy atom. The molecule has 1 saturated heterocycles. The van der Waals surface area contributed by atoms with Crippen molar-refractivity contribution in [3.05, 3.63) is 0 Å². The van der Waals surface area contributed by atoms with Gasteiger partial charge in [-0.1, -0.05) is 13.8 Å². The Bertz CT molecular complexity index is 213. The number of amides is 1. The minimum atomic E-state index is -0.219. The summed E-state index contributed by atoms with van der Waals surface area (Å²) in [6, 6.07) is 0.301. The van der Waals surface area contributed by atoms with Crippen LogP contribution in [0.25, 0.3) is 0 Å². The van der Waals surface area contributed by atoms with E-state index in [1.165, 1.54) is 0 Å². The highest BCUT2D eigenvalue weighted by Gasteiger charge is 2.30. The van der Waals surface area contributed by atoms with Gasteiger partial charge >= 0.3 is 0 Å². The Labute approximate surface area is 103 Å². The van der Waals surface area contributed by atoms with Gasteiger partial charge in [-0.25, -0.2) is 0 Å². The van der Waals surface area contributed by atoms with E-state index in [2.05, 4.69) is 13.8 Å². The minimum absolute atomic E-state index is 0.131. The van der Waals surface area contributed by atoms with E-state index in [9.17, 15) is 4.79 Å². The van der Waals surface area contributed by atoms with Crippen LogP contribution in [0.1, 0.15) is 39.5 Å². The van der Waals surface area contributed by atoms with E-state index in [1.807, 2.05) is 4.90 Å². The molecule has 0 aromatic heterocycles. The molecule has 3 nitrogen and oxygen atoms in total. The molecule has 0 spiro atoms. The predicted octanol–water partition coefficient (Wildman–Crippen LogP) is 2.42. The van der Waals surface area contributed by atoms with Gasteiger partial charge in [0.2, 0.25) is 0 Å². The van der Waals surface area contributed by atoms with Crippen molar-refractivity contribution in [2.24, 2.45) is 0 Å². The topological polar surface area (TPSA) is 29.5 Å². The van der Waals surface area contributed by atoms with E-state index < -0.39 is 0 Å². The molecule has 1 atom stereocenters. The number of rotatable bonds is 6. The van der Waals surface area contributed by atoms with Crippen LogP contribution in [0.5, 0.6) is 0 Å². The average molecular weight is 248 g/mol. The Morgan fingerprint density at radius 1 is 1.50 bits per heavy atom. The van der Waals surface area contributed by atoms with Crippen molar-refractivity contribution >= 4 is 17.5 Å². The summed E-state index contributed by atoms with van der Waals surface area (Å²) in [5, 5.41) is 0. The fraction of sp³-hybridized carbons (Fsp3) is 0.917. The molecule has 1 rings (SSSR count).